The van der Waals surface area contributed by atoms with Gasteiger partial charge in [0.2, 0.25) is 17.7 Å². The lowest BCUT2D eigenvalue weighted by molar-refractivity contribution is -0.138. The molecule has 0 spiro atoms. The predicted molar refractivity (Wildman–Crippen MR) is 97.4 cm³/mol. The molecule has 4 N–H and O–H groups in total. The minimum absolute atomic E-state index is 0.172. The number of aliphatic imine (C=N–C) groups is 1. The zero-order chi connectivity index (χ0) is 19.6. The van der Waals surface area contributed by atoms with E-state index in [0.29, 0.717) is 18.5 Å². The average molecular weight is 370 g/mol. The number of aromatic amines is 2. The minimum atomic E-state index is -0.812. The molecule has 2 heterocycles. The number of imide groups is 1. The van der Waals surface area contributed by atoms with E-state index in [0.717, 1.165) is 11.8 Å². The largest absolute Gasteiger partial charge is 0.494 e. The number of H-pyrrole nitrogens is 2. The first-order chi connectivity index (χ1) is 12.9. The summed E-state index contributed by atoms with van der Waals surface area (Å²) in [6.07, 6.45) is 2.42. The number of carbonyl (C=O) groups excluding carboxylic acids is 2. The van der Waals surface area contributed by atoms with Gasteiger partial charge in [-0.1, -0.05) is 19.1 Å². The molecule has 1 atom stereocenters. The van der Waals surface area contributed by atoms with Crippen LogP contribution in [0.2, 0.25) is 0 Å². The standard InChI is InChI=1S/C18H18N4O5/c1-2-18(8-7-13(23)20-16(18)26)10-3-5-11(6-4-10)19-9-12-14(24)21-17(27)22-15(12)25/h3-6,9H,2,7-8H2,1H3,(H,20,23,26)(H3,21,22,24,25,27). The van der Waals surface area contributed by atoms with Crippen LogP contribution in [0.3, 0.4) is 0 Å². The number of hydrogen-bond donors (Lipinski definition) is 4. The van der Waals surface area contributed by atoms with E-state index in [1.807, 2.05) is 11.9 Å². The molecule has 1 aromatic carbocycles. The second-order valence-electron chi connectivity index (χ2n) is 6.29. The first kappa shape index (κ1) is 18.3. The van der Waals surface area contributed by atoms with Crippen LogP contribution in [0.5, 0.6) is 5.88 Å². The summed E-state index contributed by atoms with van der Waals surface area (Å²) in [5.74, 6) is -1.14. The number of hydrogen-bond acceptors (Lipinski definition) is 6. The molecule has 1 aliphatic heterocycles. The Bertz CT molecular complexity index is 1030. The molecule has 0 aliphatic carbocycles. The summed E-state index contributed by atoms with van der Waals surface area (Å²) in [7, 11) is 0. The molecular formula is C18H18N4O5. The number of rotatable bonds is 4. The van der Waals surface area contributed by atoms with Crippen LogP contribution in [-0.4, -0.2) is 33.1 Å². The van der Waals surface area contributed by atoms with Crippen LogP contribution < -0.4 is 16.6 Å². The number of piperidine rings is 1. The molecule has 2 aromatic rings. The van der Waals surface area contributed by atoms with Crippen LogP contribution in [0, 0.1) is 0 Å². The van der Waals surface area contributed by atoms with Crippen LogP contribution in [0.25, 0.3) is 0 Å². The number of aromatic nitrogens is 2. The van der Waals surface area contributed by atoms with Gasteiger partial charge < -0.3 is 5.11 Å². The fourth-order valence-electron chi connectivity index (χ4n) is 3.18. The van der Waals surface area contributed by atoms with E-state index in [1.54, 1.807) is 24.3 Å². The van der Waals surface area contributed by atoms with Gasteiger partial charge in [0.05, 0.1) is 11.1 Å². The molecule has 0 bridgehead atoms. The SMILES string of the molecule is CCC1(c2ccc(N=Cc3c(O)[nH]c(=O)[nH]c3=O)cc2)CCC(=O)NC1=O. The summed E-state index contributed by atoms with van der Waals surface area (Å²) in [4.78, 5) is 54.8. The fraction of sp³-hybridized carbons (Fsp3) is 0.278. The van der Waals surface area contributed by atoms with Crippen molar-refractivity contribution in [2.24, 2.45) is 4.99 Å². The molecule has 1 aliphatic rings. The summed E-state index contributed by atoms with van der Waals surface area (Å²) in [5.41, 5.74) is -1.24. The van der Waals surface area contributed by atoms with Gasteiger partial charge >= 0.3 is 5.69 Å². The lowest BCUT2D eigenvalue weighted by atomic mass is 9.72. The van der Waals surface area contributed by atoms with E-state index in [2.05, 4.69) is 15.3 Å². The van der Waals surface area contributed by atoms with Gasteiger partial charge in [0.25, 0.3) is 5.56 Å². The van der Waals surface area contributed by atoms with E-state index in [-0.39, 0.29) is 23.8 Å². The first-order valence-electron chi connectivity index (χ1n) is 8.40. The van der Waals surface area contributed by atoms with Crippen molar-refractivity contribution in [3.05, 3.63) is 56.2 Å². The Morgan fingerprint density at radius 1 is 1.15 bits per heavy atom. The molecule has 140 valence electrons. The van der Waals surface area contributed by atoms with Crippen molar-refractivity contribution >= 4 is 23.7 Å². The van der Waals surface area contributed by atoms with E-state index in [1.165, 1.54) is 0 Å². The predicted octanol–water partition coefficient (Wildman–Crippen LogP) is 0.604. The topological polar surface area (TPSA) is 144 Å². The third-order valence-corrected chi connectivity index (χ3v) is 4.79. The highest BCUT2D eigenvalue weighted by Crippen LogP contribution is 2.36. The molecule has 1 aromatic heterocycles. The van der Waals surface area contributed by atoms with E-state index in [4.69, 9.17) is 0 Å². The molecule has 1 fully saturated rings. The maximum atomic E-state index is 12.4. The van der Waals surface area contributed by atoms with E-state index >= 15 is 0 Å². The van der Waals surface area contributed by atoms with Gasteiger partial charge in [-0.15, -0.1) is 0 Å². The zero-order valence-corrected chi connectivity index (χ0v) is 14.5. The molecule has 3 rings (SSSR count). The Labute approximate surface area is 153 Å². The summed E-state index contributed by atoms with van der Waals surface area (Å²) >= 11 is 0. The van der Waals surface area contributed by atoms with Crippen LogP contribution in [0.4, 0.5) is 5.69 Å². The Morgan fingerprint density at radius 2 is 1.85 bits per heavy atom. The second kappa shape index (κ2) is 7.02. The second-order valence-corrected chi connectivity index (χ2v) is 6.29. The lowest BCUT2D eigenvalue weighted by Gasteiger charge is -2.34. The van der Waals surface area contributed by atoms with Gasteiger partial charge in [0, 0.05) is 12.6 Å². The van der Waals surface area contributed by atoms with Crippen LogP contribution in [-0.2, 0) is 15.0 Å². The summed E-state index contributed by atoms with van der Waals surface area (Å²) in [6.45, 7) is 1.90. The monoisotopic (exact) mass is 370 g/mol. The highest BCUT2D eigenvalue weighted by Gasteiger charge is 2.42. The van der Waals surface area contributed by atoms with Crippen molar-refractivity contribution in [2.45, 2.75) is 31.6 Å². The summed E-state index contributed by atoms with van der Waals surface area (Å²) in [6, 6.07) is 6.85. The maximum absolute atomic E-state index is 12.4. The fourth-order valence-corrected chi connectivity index (χ4v) is 3.18. The zero-order valence-electron chi connectivity index (χ0n) is 14.5. The van der Waals surface area contributed by atoms with Crippen molar-refractivity contribution in [3.63, 3.8) is 0 Å². The van der Waals surface area contributed by atoms with Gasteiger partial charge in [0.1, 0.15) is 5.56 Å². The Morgan fingerprint density at radius 3 is 2.44 bits per heavy atom. The maximum Gasteiger partial charge on any atom is 0.328 e. The molecule has 0 saturated carbocycles. The Balaban J connectivity index is 1.88. The van der Waals surface area contributed by atoms with Gasteiger partial charge in [-0.3, -0.25) is 34.7 Å². The number of benzene rings is 1. The van der Waals surface area contributed by atoms with Crippen molar-refractivity contribution < 1.29 is 14.7 Å². The van der Waals surface area contributed by atoms with Crippen LogP contribution in [0.1, 0.15) is 37.3 Å². The normalized spacial score (nSPS) is 20.0. The third kappa shape index (κ3) is 3.43. The van der Waals surface area contributed by atoms with E-state index < -0.39 is 22.5 Å². The summed E-state index contributed by atoms with van der Waals surface area (Å²) < 4.78 is 0. The quantitative estimate of drug-likeness (QED) is 0.460. The molecule has 0 radical (unpaired) electrons. The molecule has 1 saturated heterocycles. The number of aromatic hydroxyl groups is 1. The highest BCUT2D eigenvalue weighted by atomic mass is 16.3. The van der Waals surface area contributed by atoms with Gasteiger partial charge in [-0.05, 0) is 30.5 Å². The van der Waals surface area contributed by atoms with Gasteiger partial charge in [-0.2, -0.15) is 0 Å². The Hall–Kier alpha value is -3.49. The highest BCUT2D eigenvalue weighted by molar-refractivity contribution is 6.03. The van der Waals surface area contributed by atoms with Crippen LogP contribution in [0.15, 0.2) is 38.8 Å². The summed E-state index contributed by atoms with van der Waals surface area (Å²) in [5, 5.41) is 12.0. The van der Waals surface area contributed by atoms with Crippen LogP contribution >= 0.6 is 0 Å². The van der Waals surface area contributed by atoms with Crippen molar-refractivity contribution in [1.82, 2.24) is 15.3 Å². The number of amides is 2. The number of nitrogens with zero attached hydrogens (tertiary/aromatic N) is 1. The Kier molecular flexibility index (Phi) is 4.76. The third-order valence-electron chi connectivity index (χ3n) is 4.79. The van der Waals surface area contributed by atoms with Gasteiger partial charge in [0.15, 0.2) is 0 Å². The molecule has 27 heavy (non-hydrogen) atoms. The minimum Gasteiger partial charge on any atom is -0.494 e. The van der Waals surface area contributed by atoms with Gasteiger partial charge in [-0.25, -0.2) is 4.79 Å². The molecule has 9 nitrogen and oxygen atoms in total. The molecular weight excluding hydrogens is 352 g/mol. The van der Waals surface area contributed by atoms with Crippen molar-refractivity contribution in [3.8, 4) is 5.88 Å². The lowest BCUT2D eigenvalue weighted by Crippen LogP contribution is -2.51. The van der Waals surface area contributed by atoms with Crippen molar-refractivity contribution in [1.29, 1.82) is 0 Å². The number of nitrogens with one attached hydrogen (secondary N) is 3. The average Bonchev–Trinajstić information content (AvgIpc) is 2.62. The smallest absolute Gasteiger partial charge is 0.328 e. The number of carbonyl (C=O) groups is 2. The molecule has 2 amide bonds. The molecule has 9 heteroatoms. The molecule has 1 unspecified atom stereocenters. The first-order valence-corrected chi connectivity index (χ1v) is 8.40. The van der Waals surface area contributed by atoms with Crippen molar-refractivity contribution in [2.75, 3.05) is 0 Å². The van der Waals surface area contributed by atoms with E-state index in [9.17, 15) is 24.3 Å².